The van der Waals surface area contributed by atoms with E-state index >= 15 is 0 Å². The Morgan fingerprint density at radius 2 is 2.00 bits per heavy atom. The van der Waals surface area contributed by atoms with Crippen molar-refractivity contribution in [1.29, 1.82) is 0 Å². The molecule has 1 aliphatic rings. The van der Waals surface area contributed by atoms with Crippen molar-refractivity contribution >= 4 is 17.0 Å². The van der Waals surface area contributed by atoms with Crippen molar-refractivity contribution in [1.82, 2.24) is 4.57 Å². The predicted octanol–water partition coefficient (Wildman–Crippen LogP) is -0.247. The van der Waals surface area contributed by atoms with E-state index in [1.54, 1.807) is 18.4 Å². The minimum atomic E-state index is -0.735. The van der Waals surface area contributed by atoms with Crippen molar-refractivity contribution in [3.8, 4) is 0 Å². The number of nitrogen functional groups attached to an aromatic ring is 1. The molecule has 4 N–H and O–H groups in total. The predicted molar refractivity (Wildman–Crippen MR) is 96.6 cm³/mol. The van der Waals surface area contributed by atoms with Crippen LogP contribution in [-0.2, 0) is 17.8 Å². The number of quaternary nitrogens is 1. The molecule has 1 aliphatic heterocycles. The zero-order valence-electron chi connectivity index (χ0n) is 14.8. The van der Waals surface area contributed by atoms with Crippen LogP contribution in [0, 0.1) is 0 Å². The first-order valence-corrected chi connectivity index (χ1v) is 9.13. The van der Waals surface area contributed by atoms with Gasteiger partial charge in [0, 0.05) is 0 Å². The highest BCUT2D eigenvalue weighted by Gasteiger charge is 2.25. The molecule has 0 amide bonds. The number of aromatic nitrogens is 2. The Hall–Kier alpha value is -2.35. The number of furan rings is 1. The van der Waals surface area contributed by atoms with Crippen LogP contribution in [0.1, 0.15) is 11.9 Å². The van der Waals surface area contributed by atoms with Crippen LogP contribution in [0.5, 0.6) is 0 Å². The summed E-state index contributed by atoms with van der Waals surface area (Å²) in [5.74, 6) is 1.20. The molecule has 0 bridgehead atoms. The van der Waals surface area contributed by atoms with Gasteiger partial charge < -0.3 is 19.2 Å². The number of morpholine rings is 1. The fourth-order valence-corrected chi connectivity index (χ4v) is 3.66. The first kappa shape index (κ1) is 17.1. The average Bonchev–Trinajstić information content (AvgIpc) is 3.29. The number of aliphatic hydroxyl groups is 1. The lowest BCUT2D eigenvalue weighted by Crippen LogP contribution is -3.14. The number of benzene rings is 1. The summed E-state index contributed by atoms with van der Waals surface area (Å²) in [7, 11) is 0. The second kappa shape index (κ2) is 7.49. The van der Waals surface area contributed by atoms with Gasteiger partial charge in [-0.05, 0) is 24.3 Å². The third kappa shape index (κ3) is 3.33. The van der Waals surface area contributed by atoms with E-state index in [2.05, 4.69) is 10.6 Å². The fourth-order valence-electron chi connectivity index (χ4n) is 3.66. The Labute approximate surface area is 152 Å². The van der Waals surface area contributed by atoms with E-state index < -0.39 is 6.10 Å². The molecule has 0 aliphatic carbocycles. The zero-order valence-corrected chi connectivity index (χ0v) is 14.8. The third-order valence-electron chi connectivity index (χ3n) is 5.13. The molecule has 1 fully saturated rings. The normalized spacial score (nSPS) is 17.0. The van der Waals surface area contributed by atoms with Gasteiger partial charge in [0.2, 0.25) is 0 Å². The first-order chi connectivity index (χ1) is 12.7. The molecule has 0 unspecified atom stereocenters. The molecule has 0 saturated carbocycles. The number of hydrogen-bond acceptors (Lipinski definition) is 4. The van der Waals surface area contributed by atoms with Gasteiger partial charge in [-0.2, -0.15) is 0 Å². The van der Waals surface area contributed by atoms with Crippen LogP contribution in [0.25, 0.3) is 11.0 Å². The number of aliphatic hydroxyl groups excluding tert-OH is 1. The van der Waals surface area contributed by atoms with Crippen molar-refractivity contribution in [3.05, 3.63) is 48.4 Å². The summed E-state index contributed by atoms with van der Waals surface area (Å²) >= 11 is 0. The number of hydrogen-bond donors (Lipinski definition) is 3. The molecule has 3 heterocycles. The van der Waals surface area contributed by atoms with Crippen LogP contribution in [0.4, 0.5) is 5.95 Å². The molecule has 26 heavy (non-hydrogen) atoms. The van der Waals surface area contributed by atoms with Crippen LogP contribution < -0.4 is 15.2 Å². The topological polar surface area (TPSA) is 81.9 Å². The number of fused-ring (bicyclic) bond motifs is 1. The summed E-state index contributed by atoms with van der Waals surface area (Å²) in [6, 6.07) is 11.7. The van der Waals surface area contributed by atoms with Crippen LogP contribution in [-0.4, -0.2) is 42.5 Å². The van der Waals surface area contributed by atoms with Crippen LogP contribution in [0.15, 0.2) is 47.1 Å². The fraction of sp³-hybridized carbons (Fsp3) is 0.421. The van der Waals surface area contributed by atoms with E-state index in [-0.39, 0.29) is 0 Å². The molecule has 1 atom stereocenters. The largest absolute Gasteiger partial charge is 0.466 e. The quantitative estimate of drug-likeness (QED) is 0.531. The number of nitrogens with one attached hydrogen (secondary N) is 1. The maximum absolute atomic E-state index is 10.5. The van der Waals surface area contributed by atoms with Gasteiger partial charge in [0.15, 0.2) is 0 Å². The highest BCUT2D eigenvalue weighted by Crippen LogP contribution is 2.19. The van der Waals surface area contributed by atoms with E-state index in [0.717, 1.165) is 50.4 Å². The van der Waals surface area contributed by atoms with E-state index in [4.69, 9.17) is 14.9 Å². The molecule has 0 spiro atoms. The molecular formula is C19H26N4O3+2. The van der Waals surface area contributed by atoms with Gasteiger partial charge in [0.1, 0.15) is 55.6 Å². The van der Waals surface area contributed by atoms with Gasteiger partial charge in [0.25, 0.3) is 0 Å². The number of ether oxygens (including phenoxy) is 1. The van der Waals surface area contributed by atoms with E-state index in [1.165, 1.54) is 4.90 Å². The highest BCUT2D eigenvalue weighted by atomic mass is 16.5. The summed E-state index contributed by atoms with van der Waals surface area (Å²) < 4.78 is 14.9. The van der Waals surface area contributed by atoms with E-state index in [9.17, 15) is 5.11 Å². The number of para-hydroxylation sites is 2. The Morgan fingerprint density at radius 1 is 1.19 bits per heavy atom. The summed E-state index contributed by atoms with van der Waals surface area (Å²) in [4.78, 5) is 1.54. The SMILES string of the molecule is Nc1n(CC[NH+]2CCOCC2)c2ccccc2[n+]1C[C@@H](O)c1ccco1. The monoisotopic (exact) mass is 358 g/mol. The van der Waals surface area contributed by atoms with Gasteiger partial charge in [-0.3, -0.25) is 5.73 Å². The van der Waals surface area contributed by atoms with Gasteiger partial charge in [-0.1, -0.05) is 12.1 Å². The van der Waals surface area contributed by atoms with Crippen molar-refractivity contribution < 1.29 is 23.7 Å². The van der Waals surface area contributed by atoms with Crippen LogP contribution in [0.2, 0.25) is 0 Å². The van der Waals surface area contributed by atoms with Crippen LogP contribution >= 0.6 is 0 Å². The Bertz CT molecular complexity index is 853. The van der Waals surface area contributed by atoms with Gasteiger partial charge in [-0.15, -0.1) is 0 Å². The molecule has 0 radical (unpaired) electrons. The molecule has 1 saturated heterocycles. The number of nitrogens with two attached hydrogens (primary N) is 1. The molecule has 1 aromatic carbocycles. The Balaban J connectivity index is 1.60. The molecule has 2 aromatic heterocycles. The van der Waals surface area contributed by atoms with E-state index in [1.807, 2.05) is 22.8 Å². The van der Waals surface area contributed by atoms with Crippen molar-refractivity contribution in [3.63, 3.8) is 0 Å². The zero-order chi connectivity index (χ0) is 17.9. The van der Waals surface area contributed by atoms with Crippen molar-refractivity contribution in [2.75, 3.05) is 38.6 Å². The first-order valence-electron chi connectivity index (χ1n) is 9.13. The average molecular weight is 358 g/mol. The minimum absolute atomic E-state index is 0.358. The number of anilines is 1. The van der Waals surface area contributed by atoms with Crippen molar-refractivity contribution in [2.45, 2.75) is 19.2 Å². The molecule has 4 rings (SSSR count). The molecule has 3 aromatic rings. The third-order valence-corrected chi connectivity index (χ3v) is 5.13. The number of nitrogens with zero attached hydrogens (tertiary/aromatic N) is 2. The standard InChI is InChI=1S/C19H24N4O3/c20-19-22(8-7-21-9-12-25-13-10-21)15-4-1-2-5-16(15)23(19)14-17(24)18-6-3-11-26-18/h1-6,11,17,20,24H,7-10,12-14H2/p+2/t17-/m1/s1. The number of rotatable bonds is 6. The maximum atomic E-state index is 10.5. The lowest BCUT2D eigenvalue weighted by Gasteiger charge is -2.23. The van der Waals surface area contributed by atoms with E-state index in [0.29, 0.717) is 18.3 Å². The second-order valence-corrected chi connectivity index (χ2v) is 6.75. The highest BCUT2D eigenvalue weighted by molar-refractivity contribution is 5.73. The summed E-state index contributed by atoms with van der Waals surface area (Å²) in [6.45, 7) is 5.93. The van der Waals surface area contributed by atoms with Crippen LogP contribution in [0.3, 0.4) is 0 Å². The lowest BCUT2D eigenvalue weighted by molar-refractivity contribution is -0.908. The van der Waals surface area contributed by atoms with Crippen molar-refractivity contribution in [2.24, 2.45) is 0 Å². The summed E-state index contributed by atoms with van der Waals surface area (Å²) in [5.41, 5.74) is 8.59. The van der Waals surface area contributed by atoms with Gasteiger partial charge in [0.05, 0.1) is 19.5 Å². The van der Waals surface area contributed by atoms with Gasteiger partial charge in [-0.25, -0.2) is 9.13 Å². The number of imidazole rings is 1. The minimum Gasteiger partial charge on any atom is -0.466 e. The summed E-state index contributed by atoms with van der Waals surface area (Å²) in [6.07, 6.45) is 0.836. The molecule has 7 heteroatoms. The smallest absolute Gasteiger partial charge is 0.356 e. The maximum Gasteiger partial charge on any atom is 0.356 e. The van der Waals surface area contributed by atoms with Gasteiger partial charge >= 0.3 is 5.95 Å². The molecule has 7 nitrogen and oxygen atoms in total. The molecule has 138 valence electrons. The molecular weight excluding hydrogens is 332 g/mol. The second-order valence-electron chi connectivity index (χ2n) is 6.75. The summed E-state index contributed by atoms with van der Waals surface area (Å²) in [5, 5.41) is 10.5. The Kier molecular flexibility index (Phi) is 4.92. The Morgan fingerprint density at radius 3 is 2.77 bits per heavy atom. The lowest BCUT2D eigenvalue weighted by atomic mass is 10.2.